The van der Waals surface area contributed by atoms with Gasteiger partial charge >= 0.3 is 5.91 Å². The van der Waals surface area contributed by atoms with Gasteiger partial charge in [-0.3, -0.25) is 10.2 Å². The van der Waals surface area contributed by atoms with Gasteiger partial charge in [0.25, 0.3) is 5.82 Å². The number of hydrogen-bond acceptors (Lipinski definition) is 6. The quantitative estimate of drug-likeness (QED) is 0.413. The van der Waals surface area contributed by atoms with Crippen LogP contribution in [0.5, 0.6) is 0 Å². The number of nitrogens with zero attached hydrogens (tertiary/aromatic N) is 4. The fraction of sp³-hybridized carbons (Fsp3) is 0.111. The monoisotopic (exact) mass is 232 g/mol. The summed E-state index contributed by atoms with van der Waals surface area (Å²) >= 11 is 0. The molecule has 2 aromatic rings. The Morgan fingerprint density at radius 3 is 3.18 bits per heavy atom. The highest BCUT2D eigenvalue weighted by atomic mass is 16.3. The Balaban J connectivity index is 2.22. The Kier molecular flexibility index (Phi) is 2.85. The van der Waals surface area contributed by atoms with Gasteiger partial charge in [-0.25, -0.2) is 15.5 Å². The molecule has 17 heavy (non-hydrogen) atoms. The Hall–Kier alpha value is -2.66. The summed E-state index contributed by atoms with van der Waals surface area (Å²) in [7, 11) is 0. The normalized spacial score (nSPS) is 9.88. The van der Waals surface area contributed by atoms with Crippen molar-refractivity contribution in [1.29, 1.82) is 5.26 Å². The molecule has 0 aromatic carbocycles. The van der Waals surface area contributed by atoms with Gasteiger partial charge in [0.15, 0.2) is 5.76 Å². The topological polar surface area (TPSA) is 123 Å². The van der Waals surface area contributed by atoms with Crippen molar-refractivity contribution in [2.24, 2.45) is 5.84 Å². The third kappa shape index (κ3) is 2.14. The molecule has 0 aliphatic rings. The summed E-state index contributed by atoms with van der Waals surface area (Å²) < 4.78 is 6.43. The standard InChI is InChI=1S/C9H8N6O2/c10-3-7-12-5-15(14-7)4-6-1-2-17-8(6)9(16)13-11/h1-2,5H,4,11H2,(H,13,16). The van der Waals surface area contributed by atoms with Crippen molar-refractivity contribution in [3.8, 4) is 6.07 Å². The molecule has 2 heterocycles. The smallest absolute Gasteiger partial charge is 0.301 e. The third-order valence-corrected chi connectivity index (χ3v) is 2.05. The molecule has 2 rings (SSSR count). The molecule has 0 radical (unpaired) electrons. The van der Waals surface area contributed by atoms with Crippen LogP contribution in [0, 0.1) is 11.3 Å². The first-order valence-electron chi connectivity index (χ1n) is 4.61. The third-order valence-electron chi connectivity index (χ3n) is 2.05. The molecule has 0 atom stereocenters. The SMILES string of the molecule is N#Cc1ncn(Cc2ccoc2C(=O)NN)n1. The zero-order valence-corrected chi connectivity index (χ0v) is 8.62. The zero-order valence-electron chi connectivity index (χ0n) is 8.62. The predicted molar refractivity (Wildman–Crippen MR) is 54.2 cm³/mol. The van der Waals surface area contributed by atoms with E-state index in [1.54, 1.807) is 6.07 Å². The van der Waals surface area contributed by atoms with Crippen LogP contribution < -0.4 is 11.3 Å². The summed E-state index contributed by atoms with van der Waals surface area (Å²) in [5.74, 6) is 4.67. The van der Waals surface area contributed by atoms with E-state index in [1.165, 1.54) is 17.3 Å². The highest BCUT2D eigenvalue weighted by Gasteiger charge is 2.14. The van der Waals surface area contributed by atoms with Gasteiger partial charge in [-0.15, -0.1) is 5.10 Å². The minimum atomic E-state index is -0.523. The fourth-order valence-corrected chi connectivity index (χ4v) is 1.32. The fourth-order valence-electron chi connectivity index (χ4n) is 1.32. The van der Waals surface area contributed by atoms with Crippen LogP contribution >= 0.6 is 0 Å². The number of amides is 1. The Bertz CT molecular complexity index is 578. The van der Waals surface area contributed by atoms with E-state index >= 15 is 0 Å². The van der Waals surface area contributed by atoms with Crippen LogP contribution in [0.15, 0.2) is 23.1 Å². The molecule has 8 nitrogen and oxygen atoms in total. The first-order chi connectivity index (χ1) is 8.24. The van der Waals surface area contributed by atoms with E-state index in [9.17, 15) is 4.79 Å². The van der Waals surface area contributed by atoms with Crippen molar-refractivity contribution in [1.82, 2.24) is 20.2 Å². The number of nitriles is 1. The molecule has 2 aromatic heterocycles. The lowest BCUT2D eigenvalue weighted by Crippen LogP contribution is -2.30. The molecule has 86 valence electrons. The zero-order chi connectivity index (χ0) is 12.3. The summed E-state index contributed by atoms with van der Waals surface area (Å²) in [5, 5.41) is 12.4. The van der Waals surface area contributed by atoms with E-state index in [-0.39, 0.29) is 18.1 Å². The summed E-state index contributed by atoms with van der Waals surface area (Å²) in [6, 6.07) is 3.43. The van der Waals surface area contributed by atoms with Crippen LogP contribution in [0.1, 0.15) is 21.9 Å². The van der Waals surface area contributed by atoms with Gasteiger partial charge in [-0.2, -0.15) is 5.26 Å². The summed E-state index contributed by atoms with van der Waals surface area (Å²) in [5.41, 5.74) is 2.58. The summed E-state index contributed by atoms with van der Waals surface area (Å²) in [6.45, 7) is 0.272. The van der Waals surface area contributed by atoms with E-state index in [2.05, 4.69) is 10.1 Å². The lowest BCUT2D eigenvalue weighted by atomic mass is 10.2. The molecule has 0 fully saturated rings. The first-order valence-corrected chi connectivity index (χ1v) is 4.61. The molecule has 0 saturated heterocycles. The molecule has 0 unspecified atom stereocenters. The molecule has 0 bridgehead atoms. The second-order valence-electron chi connectivity index (χ2n) is 3.13. The van der Waals surface area contributed by atoms with E-state index in [4.69, 9.17) is 15.5 Å². The first kappa shape index (κ1) is 10.8. The molecular weight excluding hydrogens is 224 g/mol. The number of carbonyl (C=O) groups excluding carboxylic acids is 1. The number of carbonyl (C=O) groups is 1. The number of rotatable bonds is 3. The van der Waals surface area contributed by atoms with Gasteiger partial charge < -0.3 is 4.42 Å². The minimum absolute atomic E-state index is 0.0679. The predicted octanol–water partition coefficient (Wildman–Crippen LogP) is -0.605. The van der Waals surface area contributed by atoms with Crippen LogP contribution in [-0.4, -0.2) is 20.7 Å². The highest BCUT2D eigenvalue weighted by Crippen LogP contribution is 2.11. The molecule has 0 aliphatic carbocycles. The van der Waals surface area contributed by atoms with Gasteiger partial charge in [0.05, 0.1) is 12.8 Å². The van der Waals surface area contributed by atoms with Crippen LogP contribution in [0.4, 0.5) is 0 Å². The van der Waals surface area contributed by atoms with Gasteiger partial charge in [0.2, 0.25) is 0 Å². The van der Waals surface area contributed by atoms with Crippen molar-refractivity contribution < 1.29 is 9.21 Å². The molecule has 1 amide bonds. The number of nitrogen functional groups attached to an aromatic ring is 1. The van der Waals surface area contributed by atoms with E-state index in [1.807, 2.05) is 11.5 Å². The average molecular weight is 232 g/mol. The van der Waals surface area contributed by atoms with Crippen molar-refractivity contribution in [2.45, 2.75) is 6.54 Å². The number of hydrazine groups is 1. The number of aromatic nitrogens is 3. The van der Waals surface area contributed by atoms with Crippen molar-refractivity contribution >= 4 is 5.91 Å². The second kappa shape index (κ2) is 4.46. The lowest BCUT2D eigenvalue weighted by Gasteiger charge is -2.00. The van der Waals surface area contributed by atoms with Crippen LogP contribution in [-0.2, 0) is 6.54 Å². The molecule has 0 aliphatic heterocycles. The largest absolute Gasteiger partial charge is 0.459 e. The summed E-state index contributed by atoms with van der Waals surface area (Å²) in [4.78, 5) is 15.1. The number of hydrogen-bond donors (Lipinski definition) is 2. The van der Waals surface area contributed by atoms with Crippen molar-refractivity contribution in [3.63, 3.8) is 0 Å². The van der Waals surface area contributed by atoms with Crippen molar-refractivity contribution in [3.05, 3.63) is 35.8 Å². The Morgan fingerprint density at radius 2 is 2.53 bits per heavy atom. The Morgan fingerprint density at radius 1 is 1.71 bits per heavy atom. The Labute approximate surface area is 95.6 Å². The highest BCUT2D eigenvalue weighted by molar-refractivity contribution is 5.92. The van der Waals surface area contributed by atoms with Crippen LogP contribution in [0.2, 0.25) is 0 Å². The van der Waals surface area contributed by atoms with Gasteiger partial charge in [-0.1, -0.05) is 0 Å². The van der Waals surface area contributed by atoms with Gasteiger partial charge in [-0.05, 0) is 6.07 Å². The van der Waals surface area contributed by atoms with Gasteiger partial charge in [0.1, 0.15) is 12.4 Å². The van der Waals surface area contributed by atoms with E-state index in [0.717, 1.165) is 0 Å². The van der Waals surface area contributed by atoms with Gasteiger partial charge in [0, 0.05) is 5.56 Å². The minimum Gasteiger partial charge on any atom is -0.459 e. The second-order valence-corrected chi connectivity index (χ2v) is 3.13. The molecular formula is C9H8N6O2. The average Bonchev–Trinajstić information content (AvgIpc) is 2.97. The molecule has 8 heteroatoms. The van der Waals surface area contributed by atoms with Crippen molar-refractivity contribution in [2.75, 3.05) is 0 Å². The van der Waals surface area contributed by atoms with Crippen LogP contribution in [0.25, 0.3) is 0 Å². The summed E-state index contributed by atoms with van der Waals surface area (Å²) in [6.07, 6.45) is 2.78. The van der Waals surface area contributed by atoms with E-state index in [0.29, 0.717) is 5.56 Å². The number of nitrogens with one attached hydrogen (secondary N) is 1. The van der Waals surface area contributed by atoms with Crippen LogP contribution in [0.3, 0.4) is 0 Å². The number of nitrogens with two attached hydrogens (primary N) is 1. The molecule has 0 saturated carbocycles. The molecule has 0 spiro atoms. The van der Waals surface area contributed by atoms with E-state index < -0.39 is 5.91 Å². The maximum absolute atomic E-state index is 11.3. The maximum Gasteiger partial charge on any atom is 0.301 e. The maximum atomic E-state index is 11.3. The lowest BCUT2D eigenvalue weighted by molar-refractivity contribution is 0.0924. The molecule has 3 N–H and O–H groups in total. The number of furan rings is 1.